The van der Waals surface area contributed by atoms with Crippen LogP contribution in [0, 0.1) is 5.82 Å². The molecule has 0 radical (unpaired) electrons. The van der Waals surface area contributed by atoms with Crippen LogP contribution in [0.3, 0.4) is 0 Å². The lowest BCUT2D eigenvalue weighted by Gasteiger charge is -2.15. The SMILES string of the molecule is CC(=O)Nc1ccc(S(=O)(=O)N[C@@H](C)C(=O)Nc2cccc(C(=O)Nc3cccc(F)c3)c2)cc1. The Kier molecular flexibility index (Phi) is 7.94. The number of hydrogen-bond acceptors (Lipinski definition) is 5. The summed E-state index contributed by atoms with van der Waals surface area (Å²) in [7, 11) is -4.02. The Hall–Kier alpha value is -4.09. The van der Waals surface area contributed by atoms with Crippen molar-refractivity contribution in [3.05, 3.63) is 84.2 Å². The molecule has 0 aliphatic rings. The second-order valence-electron chi connectivity index (χ2n) is 7.58. The summed E-state index contributed by atoms with van der Waals surface area (Å²) in [5, 5.41) is 7.66. The van der Waals surface area contributed by atoms with Gasteiger partial charge < -0.3 is 16.0 Å². The fourth-order valence-electron chi connectivity index (χ4n) is 3.03. The molecule has 0 saturated carbocycles. The molecule has 9 nitrogen and oxygen atoms in total. The summed E-state index contributed by atoms with van der Waals surface area (Å²) in [4.78, 5) is 36.1. The van der Waals surface area contributed by atoms with Crippen molar-refractivity contribution in [3.8, 4) is 0 Å². The smallest absolute Gasteiger partial charge is 0.255 e. The molecular formula is C24H23FN4O5S. The number of sulfonamides is 1. The van der Waals surface area contributed by atoms with E-state index >= 15 is 0 Å². The number of carbonyl (C=O) groups excluding carboxylic acids is 3. The van der Waals surface area contributed by atoms with Gasteiger partial charge in [-0.15, -0.1) is 0 Å². The highest BCUT2D eigenvalue weighted by Crippen LogP contribution is 2.17. The normalized spacial score (nSPS) is 11.9. The molecule has 3 aromatic rings. The van der Waals surface area contributed by atoms with Gasteiger partial charge >= 0.3 is 0 Å². The van der Waals surface area contributed by atoms with E-state index in [4.69, 9.17) is 0 Å². The molecule has 35 heavy (non-hydrogen) atoms. The van der Waals surface area contributed by atoms with Crippen LogP contribution in [0.25, 0.3) is 0 Å². The van der Waals surface area contributed by atoms with Gasteiger partial charge in [0.1, 0.15) is 5.82 Å². The van der Waals surface area contributed by atoms with Crippen LogP contribution in [-0.4, -0.2) is 32.2 Å². The first-order valence-corrected chi connectivity index (χ1v) is 11.9. The van der Waals surface area contributed by atoms with Crippen LogP contribution < -0.4 is 20.7 Å². The predicted molar refractivity (Wildman–Crippen MR) is 130 cm³/mol. The average Bonchev–Trinajstić information content (AvgIpc) is 2.79. The summed E-state index contributed by atoms with van der Waals surface area (Å²) >= 11 is 0. The molecule has 11 heteroatoms. The summed E-state index contributed by atoms with van der Waals surface area (Å²) < 4.78 is 40.8. The maximum atomic E-state index is 13.3. The van der Waals surface area contributed by atoms with Crippen molar-refractivity contribution < 1.29 is 27.2 Å². The molecule has 0 aliphatic carbocycles. The van der Waals surface area contributed by atoms with E-state index in [-0.39, 0.29) is 27.7 Å². The van der Waals surface area contributed by atoms with Crippen molar-refractivity contribution >= 4 is 44.8 Å². The molecule has 4 N–H and O–H groups in total. The van der Waals surface area contributed by atoms with Gasteiger partial charge in [0.2, 0.25) is 21.8 Å². The minimum Gasteiger partial charge on any atom is -0.326 e. The van der Waals surface area contributed by atoms with Crippen molar-refractivity contribution in [2.45, 2.75) is 24.8 Å². The van der Waals surface area contributed by atoms with Crippen LogP contribution in [-0.2, 0) is 19.6 Å². The molecule has 0 saturated heterocycles. The van der Waals surface area contributed by atoms with Crippen molar-refractivity contribution in [1.82, 2.24) is 4.72 Å². The topological polar surface area (TPSA) is 133 Å². The van der Waals surface area contributed by atoms with Crippen molar-refractivity contribution in [1.29, 1.82) is 0 Å². The maximum absolute atomic E-state index is 13.3. The zero-order valence-corrected chi connectivity index (χ0v) is 19.6. The van der Waals surface area contributed by atoms with E-state index in [9.17, 15) is 27.2 Å². The van der Waals surface area contributed by atoms with Crippen LogP contribution in [0.2, 0.25) is 0 Å². The predicted octanol–water partition coefficient (Wildman–Crippen LogP) is 3.34. The zero-order chi connectivity index (χ0) is 25.6. The van der Waals surface area contributed by atoms with Gasteiger partial charge in [-0.2, -0.15) is 4.72 Å². The van der Waals surface area contributed by atoms with E-state index in [0.717, 1.165) is 0 Å². The summed E-state index contributed by atoms with van der Waals surface area (Å²) in [5.74, 6) is -1.95. The van der Waals surface area contributed by atoms with Crippen molar-refractivity contribution in [3.63, 3.8) is 0 Å². The molecule has 0 spiro atoms. The van der Waals surface area contributed by atoms with Gasteiger partial charge in [-0.25, -0.2) is 12.8 Å². The molecule has 0 aliphatic heterocycles. The Bertz CT molecular complexity index is 1360. The standard InChI is InChI=1S/C24H23FN4O5S/c1-15(29-35(33,34)22-11-9-19(10-12-22)26-16(2)30)23(31)27-20-7-3-5-17(13-20)24(32)28-21-8-4-6-18(25)14-21/h3-15,29H,1-2H3,(H,26,30)(H,27,31)(H,28,32)/t15-/m0/s1. The fraction of sp³-hybridized carbons (Fsp3) is 0.125. The lowest BCUT2D eigenvalue weighted by atomic mass is 10.1. The van der Waals surface area contributed by atoms with E-state index in [2.05, 4.69) is 20.7 Å². The first-order valence-electron chi connectivity index (χ1n) is 10.4. The van der Waals surface area contributed by atoms with E-state index in [0.29, 0.717) is 5.69 Å². The number of halogens is 1. The molecule has 3 aromatic carbocycles. The first kappa shape index (κ1) is 25.5. The van der Waals surface area contributed by atoms with Crippen LogP contribution in [0.4, 0.5) is 21.5 Å². The summed E-state index contributed by atoms with van der Waals surface area (Å²) in [6.45, 7) is 2.71. The Morgan fingerprint density at radius 2 is 1.43 bits per heavy atom. The van der Waals surface area contributed by atoms with Gasteiger partial charge in [0.05, 0.1) is 10.9 Å². The van der Waals surface area contributed by atoms with Crippen LogP contribution in [0.5, 0.6) is 0 Å². The summed E-state index contributed by atoms with van der Waals surface area (Å²) in [6.07, 6.45) is 0. The third-order valence-electron chi connectivity index (χ3n) is 4.68. The quantitative estimate of drug-likeness (QED) is 0.378. The molecule has 1 atom stereocenters. The Balaban J connectivity index is 1.63. The number of anilines is 3. The van der Waals surface area contributed by atoms with E-state index < -0.39 is 33.7 Å². The number of benzene rings is 3. The third-order valence-corrected chi connectivity index (χ3v) is 6.24. The minimum absolute atomic E-state index is 0.0812. The fourth-order valence-corrected chi connectivity index (χ4v) is 4.24. The van der Waals surface area contributed by atoms with Crippen LogP contribution in [0.1, 0.15) is 24.2 Å². The zero-order valence-electron chi connectivity index (χ0n) is 18.8. The van der Waals surface area contributed by atoms with E-state index in [1.807, 2.05) is 0 Å². The molecule has 0 fully saturated rings. The number of amides is 3. The van der Waals surface area contributed by atoms with Crippen LogP contribution >= 0.6 is 0 Å². The number of nitrogens with one attached hydrogen (secondary N) is 4. The molecule has 3 rings (SSSR count). The monoisotopic (exact) mass is 498 g/mol. The second-order valence-corrected chi connectivity index (χ2v) is 9.30. The van der Waals surface area contributed by atoms with Gasteiger partial charge in [-0.3, -0.25) is 14.4 Å². The van der Waals surface area contributed by atoms with Crippen molar-refractivity contribution in [2.75, 3.05) is 16.0 Å². The molecule has 182 valence electrons. The highest BCUT2D eigenvalue weighted by Gasteiger charge is 2.22. The van der Waals surface area contributed by atoms with Gasteiger partial charge in [0.25, 0.3) is 5.91 Å². The van der Waals surface area contributed by atoms with Crippen LogP contribution in [0.15, 0.2) is 77.7 Å². The van der Waals surface area contributed by atoms with E-state index in [1.54, 1.807) is 12.1 Å². The molecular weight excluding hydrogens is 475 g/mol. The Labute approximate surface area is 201 Å². The lowest BCUT2D eigenvalue weighted by Crippen LogP contribution is -2.41. The lowest BCUT2D eigenvalue weighted by molar-refractivity contribution is -0.117. The van der Waals surface area contributed by atoms with E-state index in [1.165, 1.54) is 74.5 Å². The second kappa shape index (κ2) is 10.9. The first-order chi connectivity index (χ1) is 16.5. The third kappa shape index (κ3) is 7.19. The molecule has 0 aromatic heterocycles. The van der Waals surface area contributed by atoms with Crippen molar-refractivity contribution in [2.24, 2.45) is 0 Å². The number of rotatable bonds is 8. The molecule has 3 amide bonds. The summed E-state index contributed by atoms with van der Waals surface area (Å²) in [5.41, 5.74) is 1.19. The molecule has 0 unspecified atom stereocenters. The van der Waals surface area contributed by atoms with Gasteiger partial charge in [0.15, 0.2) is 0 Å². The largest absolute Gasteiger partial charge is 0.326 e. The Morgan fingerprint density at radius 3 is 2.06 bits per heavy atom. The van der Waals surface area contributed by atoms with Gasteiger partial charge in [-0.05, 0) is 67.6 Å². The Morgan fingerprint density at radius 1 is 0.800 bits per heavy atom. The average molecular weight is 499 g/mol. The summed E-state index contributed by atoms with van der Waals surface area (Å²) in [6, 6.07) is 15.8. The highest BCUT2D eigenvalue weighted by atomic mass is 32.2. The highest BCUT2D eigenvalue weighted by molar-refractivity contribution is 7.89. The maximum Gasteiger partial charge on any atom is 0.255 e. The number of hydrogen-bond donors (Lipinski definition) is 4. The molecule has 0 heterocycles. The van der Waals surface area contributed by atoms with Gasteiger partial charge in [0, 0.05) is 29.5 Å². The van der Waals surface area contributed by atoms with Gasteiger partial charge in [-0.1, -0.05) is 12.1 Å². The number of carbonyl (C=O) groups is 3. The molecule has 0 bridgehead atoms. The minimum atomic E-state index is -4.02.